The SMILES string of the molecule is CCOC(=O)c1ccc(CCl)c(C(=O)CCBr)c1. The summed E-state index contributed by atoms with van der Waals surface area (Å²) < 4.78 is 4.90. The third-order valence-electron chi connectivity index (χ3n) is 2.39. The predicted molar refractivity (Wildman–Crippen MR) is 74.7 cm³/mol. The van der Waals surface area contributed by atoms with Crippen LogP contribution in [0.2, 0.25) is 0 Å². The van der Waals surface area contributed by atoms with Crippen LogP contribution in [0, 0.1) is 0 Å². The van der Waals surface area contributed by atoms with E-state index >= 15 is 0 Å². The van der Waals surface area contributed by atoms with Crippen molar-refractivity contribution in [1.82, 2.24) is 0 Å². The molecule has 0 unspecified atom stereocenters. The van der Waals surface area contributed by atoms with Crippen LogP contribution in [0.4, 0.5) is 0 Å². The maximum Gasteiger partial charge on any atom is 0.338 e. The van der Waals surface area contributed by atoms with Crippen LogP contribution in [0.3, 0.4) is 0 Å². The van der Waals surface area contributed by atoms with Crippen LogP contribution < -0.4 is 0 Å². The van der Waals surface area contributed by atoms with Crippen LogP contribution in [-0.2, 0) is 10.6 Å². The smallest absolute Gasteiger partial charge is 0.338 e. The minimum atomic E-state index is -0.425. The molecule has 3 nitrogen and oxygen atoms in total. The molecule has 0 bridgehead atoms. The van der Waals surface area contributed by atoms with Gasteiger partial charge in [0.1, 0.15) is 0 Å². The quantitative estimate of drug-likeness (QED) is 0.454. The Hall–Kier alpha value is -0.870. The van der Waals surface area contributed by atoms with Crippen molar-refractivity contribution >= 4 is 39.3 Å². The van der Waals surface area contributed by atoms with Gasteiger partial charge in [-0.05, 0) is 24.6 Å². The van der Waals surface area contributed by atoms with E-state index in [9.17, 15) is 9.59 Å². The molecule has 0 radical (unpaired) electrons. The lowest BCUT2D eigenvalue weighted by molar-refractivity contribution is 0.0526. The number of halogens is 2. The van der Waals surface area contributed by atoms with E-state index < -0.39 is 5.97 Å². The normalized spacial score (nSPS) is 10.2. The summed E-state index contributed by atoms with van der Waals surface area (Å²) in [5, 5.41) is 0.581. The van der Waals surface area contributed by atoms with Crippen LogP contribution in [0.25, 0.3) is 0 Å². The summed E-state index contributed by atoms with van der Waals surface area (Å²) >= 11 is 9.01. The van der Waals surface area contributed by atoms with Crippen molar-refractivity contribution in [2.45, 2.75) is 19.2 Å². The summed E-state index contributed by atoms with van der Waals surface area (Å²) in [4.78, 5) is 23.5. The number of carbonyl (C=O) groups is 2. The van der Waals surface area contributed by atoms with Crippen molar-refractivity contribution in [1.29, 1.82) is 0 Å². The van der Waals surface area contributed by atoms with Crippen molar-refractivity contribution in [2.75, 3.05) is 11.9 Å². The average molecular weight is 334 g/mol. The largest absolute Gasteiger partial charge is 0.462 e. The Morgan fingerprint density at radius 2 is 2.11 bits per heavy atom. The monoisotopic (exact) mass is 332 g/mol. The number of ether oxygens (including phenoxy) is 1. The van der Waals surface area contributed by atoms with Gasteiger partial charge in [-0.2, -0.15) is 0 Å². The number of ketones is 1. The zero-order valence-electron chi connectivity index (χ0n) is 10.0. The molecule has 0 aromatic heterocycles. The molecule has 1 rings (SSSR count). The highest BCUT2D eigenvalue weighted by Crippen LogP contribution is 2.17. The lowest BCUT2D eigenvalue weighted by Crippen LogP contribution is -2.09. The molecule has 5 heteroatoms. The van der Waals surface area contributed by atoms with Crippen molar-refractivity contribution in [3.8, 4) is 0 Å². The second-order valence-corrected chi connectivity index (χ2v) is 4.65. The molecule has 0 aliphatic heterocycles. The van der Waals surface area contributed by atoms with E-state index in [1.807, 2.05) is 0 Å². The summed E-state index contributed by atoms with van der Waals surface area (Å²) in [7, 11) is 0. The van der Waals surface area contributed by atoms with Gasteiger partial charge in [0.05, 0.1) is 12.2 Å². The molecule has 0 spiro atoms. The van der Waals surface area contributed by atoms with Gasteiger partial charge in [-0.15, -0.1) is 11.6 Å². The summed E-state index contributed by atoms with van der Waals surface area (Å²) in [6.45, 7) is 2.04. The topological polar surface area (TPSA) is 43.4 Å². The maximum atomic E-state index is 11.9. The summed E-state index contributed by atoms with van der Waals surface area (Å²) in [5.41, 5.74) is 1.61. The number of carbonyl (C=O) groups excluding carboxylic acids is 2. The molecule has 0 amide bonds. The number of Topliss-reactive ketones (excluding diaryl/α,β-unsaturated/α-hetero) is 1. The highest BCUT2D eigenvalue weighted by molar-refractivity contribution is 9.09. The summed E-state index contributed by atoms with van der Waals surface area (Å²) in [6.07, 6.45) is 0.371. The molecular weight excluding hydrogens is 319 g/mol. The molecule has 0 aliphatic carbocycles. The third-order valence-corrected chi connectivity index (χ3v) is 3.07. The zero-order chi connectivity index (χ0) is 13.5. The van der Waals surface area contributed by atoms with Gasteiger partial charge in [0.2, 0.25) is 0 Å². The molecular formula is C13H14BrClO3. The zero-order valence-corrected chi connectivity index (χ0v) is 12.4. The predicted octanol–water partition coefficient (Wildman–Crippen LogP) is 3.57. The highest BCUT2D eigenvalue weighted by atomic mass is 79.9. The molecule has 0 aliphatic rings. The Kier molecular flexibility index (Phi) is 6.36. The van der Waals surface area contributed by atoms with E-state index in [1.165, 1.54) is 0 Å². The number of hydrogen-bond acceptors (Lipinski definition) is 3. The van der Waals surface area contributed by atoms with Gasteiger partial charge >= 0.3 is 5.97 Å². The van der Waals surface area contributed by atoms with Crippen molar-refractivity contribution in [3.05, 3.63) is 34.9 Å². The van der Waals surface area contributed by atoms with E-state index in [0.29, 0.717) is 29.5 Å². The standard InChI is InChI=1S/C13H14BrClO3/c1-2-18-13(17)9-3-4-10(8-15)11(7-9)12(16)5-6-14/h3-4,7H,2,5-6,8H2,1H3. The first-order chi connectivity index (χ1) is 8.63. The van der Waals surface area contributed by atoms with E-state index in [0.717, 1.165) is 5.56 Å². The number of rotatable bonds is 6. The summed E-state index contributed by atoms with van der Waals surface area (Å²) in [5.74, 6) is -0.216. The first-order valence-electron chi connectivity index (χ1n) is 5.59. The average Bonchev–Trinajstić information content (AvgIpc) is 2.38. The molecule has 0 heterocycles. The molecule has 0 N–H and O–H groups in total. The van der Waals surface area contributed by atoms with Gasteiger partial charge in [-0.25, -0.2) is 4.79 Å². The van der Waals surface area contributed by atoms with Gasteiger partial charge in [0.25, 0.3) is 0 Å². The van der Waals surface area contributed by atoms with E-state index in [4.69, 9.17) is 16.3 Å². The Morgan fingerprint density at radius 1 is 1.39 bits per heavy atom. The van der Waals surface area contributed by atoms with Crippen LogP contribution in [0.15, 0.2) is 18.2 Å². The first-order valence-corrected chi connectivity index (χ1v) is 7.24. The van der Waals surface area contributed by atoms with E-state index in [-0.39, 0.29) is 11.7 Å². The molecule has 0 fully saturated rings. The molecule has 18 heavy (non-hydrogen) atoms. The second-order valence-electron chi connectivity index (χ2n) is 3.59. The van der Waals surface area contributed by atoms with E-state index in [1.54, 1.807) is 25.1 Å². The van der Waals surface area contributed by atoms with Crippen LogP contribution in [-0.4, -0.2) is 23.7 Å². The number of alkyl halides is 2. The van der Waals surface area contributed by atoms with Crippen molar-refractivity contribution in [3.63, 3.8) is 0 Å². The van der Waals surface area contributed by atoms with Crippen LogP contribution >= 0.6 is 27.5 Å². The fraction of sp³-hybridized carbons (Fsp3) is 0.385. The van der Waals surface area contributed by atoms with Crippen molar-refractivity contribution in [2.24, 2.45) is 0 Å². The lowest BCUT2D eigenvalue weighted by Gasteiger charge is -2.08. The minimum absolute atomic E-state index is 0.0336. The molecule has 0 saturated heterocycles. The van der Waals surface area contributed by atoms with Crippen LogP contribution in [0.1, 0.15) is 39.6 Å². The van der Waals surface area contributed by atoms with Crippen molar-refractivity contribution < 1.29 is 14.3 Å². The third kappa shape index (κ3) is 3.82. The van der Waals surface area contributed by atoms with Gasteiger partial charge in [-0.3, -0.25) is 4.79 Å². The number of benzene rings is 1. The Labute approximate surface area is 120 Å². The Balaban J connectivity index is 3.09. The molecule has 0 atom stereocenters. The highest BCUT2D eigenvalue weighted by Gasteiger charge is 2.14. The summed E-state index contributed by atoms with van der Waals surface area (Å²) in [6, 6.07) is 4.88. The number of esters is 1. The first kappa shape index (κ1) is 15.2. The molecule has 1 aromatic carbocycles. The molecule has 98 valence electrons. The van der Waals surface area contributed by atoms with Gasteiger partial charge in [0, 0.05) is 23.2 Å². The van der Waals surface area contributed by atoms with E-state index in [2.05, 4.69) is 15.9 Å². The Morgan fingerprint density at radius 3 is 2.67 bits per heavy atom. The maximum absolute atomic E-state index is 11.9. The molecule has 1 aromatic rings. The fourth-order valence-electron chi connectivity index (χ4n) is 1.51. The van der Waals surface area contributed by atoms with Gasteiger partial charge in [-0.1, -0.05) is 22.0 Å². The number of hydrogen-bond donors (Lipinski definition) is 0. The fourth-order valence-corrected chi connectivity index (χ4v) is 2.11. The van der Waals surface area contributed by atoms with Crippen LogP contribution in [0.5, 0.6) is 0 Å². The molecule has 0 saturated carbocycles. The second kappa shape index (κ2) is 7.54. The Bertz CT molecular complexity index is 446. The lowest BCUT2D eigenvalue weighted by atomic mass is 10.00. The van der Waals surface area contributed by atoms with Gasteiger partial charge in [0.15, 0.2) is 5.78 Å². The van der Waals surface area contributed by atoms with Gasteiger partial charge < -0.3 is 4.74 Å². The minimum Gasteiger partial charge on any atom is -0.462 e.